The Hall–Kier alpha value is -3.54. The number of esters is 2. The number of rotatable bonds is 10. The Morgan fingerprint density at radius 3 is 1.59 bits per heavy atom. The van der Waals surface area contributed by atoms with Crippen molar-refractivity contribution in [3.05, 3.63) is 84.0 Å². The van der Waals surface area contributed by atoms with Crippen molar-refractivity contribution >= 4 is 11.9 Å². The van der Waals surface area contributed by atoms with Crippen LogP contribution in [0, 0.1) is 0 Å². The predicted molar refractivity (Wildman–Crippen MR) is 123 cm³/mol. The minimum Gasteiger partial charge on any atom is -0.497 e. The molecule has 0 radical (unpaired) electrons. The molecule has 6 heteroatoms. The molecule has 6 nitrogen and oxygen atoms in total. The van der Waals surface area contributed by atoms with E-state index in [0.717, 1.165) is 16.9 Å². The first-order valence-corrected chi connectivity index (χ1v) is 10.2. The van der Waals surface area contributed by atoms with Gasteiger partial charge in [-0.05, 0) is 49.2 Å². The number of hydrogen-bond acceptors (Lipinski definition) is 6. The lowest BCUT2D eigenvalue weighted by Gasteiger charge is -2.26. The van der Waals surface area contributed by atoms with Crippen LogP contribution in [-0.2, 0) is 24.5 Å². The molecule has 0 aliphatic rings. The predicted octanol–water partition coefficient (Wildman–Crippen LogP) is 4.96. The fraction of sp³-hybridized carbons (Fsp3) is 0.308. The molecule has 0 atom stereocenters. The molecule has 0 fully saturated rings. The molecule has 0 heterocycles. The normalized spacial score (nSPS) is 10.9. The fourth-order valence-electron chi connectivity index (χ4n) is 2.84. The van der Waals surface area contributed by atoms with Gasteiger partial charge in [-0.1, -0.05) is 51.3 Å². The highest BCUT2D eigenvalue weighted by atomic mass is 16.7. The van der Waals surface area contributed by atoms with Crippen molar-refractivity contribution in [2.24, 2.45) is 0 Å². The van der Waals surface area contributed by atoms with Gasteiger partial charge < -0.3 is 18.9 Å². The number of carbonyl (C=O) groups is 2. The Balaban J connectivity index is 2.09. The van der Waals surface area contributed by atoms with Gasteiger partial charge in [0.2, 0.25) is 0 Å². The number of hydrogen-bond donors (Lipinski definition) is 0. The third-order valence-corrected chi connectivity index (χ3v) is 4.95. The summed E-state index contributed by atoms with van der Waals surface area (Å²) in [5.41, 5.74) is 2.37. The second-order valence-electron chi connectivity index (χ2n) is 7.99. The highest BCUT2D eigenvalue weighted by Crippen LogP contribution is 2.33. The van der Waals surface area contributed by atoms with Crippen LogP contribution < -0.4 is 9.47 Å². The number of methoxy groups -OCH3 is 1. The Labute approximate surface area is 189 Å². The first-order valence-electron chi connectivity index (χ1n) is 10.2. The third-order valence-electron chi connectivity index (χ3n) is 4.95. The van der Waals surface area contributed by atoms with Crippen molar-refractivity contribution in [1.29, 1.82) is 0 Å². The molecular formula is C26H30O6. The average molecular weight is 439 g/mol. The van der Waals surface area contributed by atoms with Crippen LogP contribution in [0.15, 0.2) is 72.8 Å². The van der Waals surface area contributed by atoms with Crippen molar-refractivity contribution in [2.45, 2.75) is 39.4 Å². The van der Waals surface area contributed by atoms with Gasteiger partial charge in [-0.15, -0.1) is 0 Å². The molecule has 2 rings (SSSR count). The van der Waals surface area contributed by atoms with E-state index in [-0.39, 0.29) is 23.2 Å². The van der Waals surface area contributed by atoms with E-state index in [1.165, 1.54) is 13.8 Å². The van der Waals surface area contributed by atoms with Crippen LogP contribution in [0.2, 0.25) is 0 Å². The Bertz CT molecular complexity index is 942. The van der Waals surface area contributed by atoms with E-state index in [9.17, 15) is 9.59 Å². The molecule has 0 aliphatic carbocycles. The summed E-state index contributed by atoms with van der Waals surface area (Å²) in [6, 6.07) is 15.5. The van der Waals surface area contributed by atoms with Gasteiger partial charge in [0.15, 0.2) is 6.61 Å². The zero-order chi connectivity index (χ0) is 23.9. The van der Waals surface area contributed by atoms with Gasteiger partial charge in [0.05, 0.1) is 7.11 Å². The van der Waals surface area contributed by atoms with Crippen LogP contribution >= 0.6 is 0 Å². The van der Waals surface area contributed by atoms with Gasteiger partial charge in [-0.3, -0.25) is 0 Å². The summed E-state index contributed by atoms with van der Waals surface area (Å²) in [4.78, 5) is 23.7. The maximum Gasteiger partial charge on any atom is 0.336 e. The molecular weight excluding hydrogens is 408 g/mol. The Morgan fingerprint density at radius 1 is 0.812 bits per heavy atom. The van der Waals surface area contributed by atoms with Crippen molar-refractivity contribution in [3.8, 4) is 11.5 Å². The second kappa shape index (κ2) is 10.7. The highest BCUT2D eigenvalue weighted by Gasteiger charge is 2.24. The maximum atomic E-state index is 11.8. The number of ether oxygens (including phenoxy) is 4. The van der Waals surface area contributed by atoms with E-state index in [4.69, 9.17) is 18.9 Å². The standard InChI is InChI=1S/C26H30O6/c1-17(2)24(27)31-23(32-25(28)18(3)4)16-30-22-14-10-20(11-15-22)26(5,6)19-8-12-21(29-7)13-9-19/h8-15,23H,1,3,16H2,2,4-7H3. The molecule has 0 bridgehead atoms. The van der Waals surface area contributed by atoms with Crippen LogP contribution in [0.1, 0.15) is 38.8 Å². The molecule has 2 aromatic carbocycles. The molecule has 0 saturated carbocycles. The van der Waals surface area contributed by atoms with Crippen LogP contribution in [-0.4, -0.2) is 31.9 Å². The maximum absolute atomic E-state index is 11.8. The summed E-state index contributed by atoms with van der Waals surface area (Å²) in [5, 5.41) is 0. The number of benzene rings is 2. The van der Waals surface area contributed by atoms with Gasteiger partial charge in [-0.25, -0.2) is 9.59 Å². The van der Waals surface area contributed by atoms with E-state index in [1.807, 2.05) is 48.5 Å². The van der Waals surface area contributed by atoms with Crippen molar-refractivity contribution in [3.63, 3.8) is 0 Å². The zero-order valence-electron chi connectivity index (χ0n) is 19.3. The molecule has 32 heavy (non-hydrogen) atoms. The van der Waals surface area contributed by atoms with Crippen LogP contribution in [0.4, 0.5) is 0 Å². The SMILES string of the molecule is C=C(C)C(=O)OC(COc1ccc(C(C)(C)c2ccc(OC)cc2)cc1)OC(=O)C(=C)C. The summed E-state index contributed by atoms with van der Waals surface area (Å²) in [6.45, 7) is 14.2. The van der Waals surface area contributed by atoms with Gasteiger partial charge in [0.25, 0.3) is 6.29 Å². The van der Waals surface area contributed by atoms with E-state index >= 15 is 0 Å². The lowest BCUT2D eigenvalue weighted by Crippen LogP contribution is -2.30. The van der Waals surface area contributed by atoms with Crippen LogP contribution in [0.25, 0.3) is 0 Å². The first-order chi connectivity index (χ1) is 15.0. The fourth-order valence-corrected chi connectivity index (χ4v) is 2.84. The van der Waals surface area contributed by atoms with Crippen LogP contribution in [0.3, 0.4) is 0 Å². The largest absolute Gasteiger partial charge is 0.497 e. The minimum absolute atomic E-state index is 0.167. The lowest BCUT2D eigenvalue weighted by atomic mass is 9.78. The third kappa shape index (κ3) is 6.48. The van der Waals surface area contributed by atoms with E-state index in [0.29, 0.717) is 5.75 Å². The summed E-state index contributed by atoms with van der Waals surface area (Å²) >= 11 is 0. The second-order valence-corrected chi connectivity index (χ2v) is 7.99. The monoisotopic (exact) mass is 438 g/mol. The minimum atomic E-state index is -1.22. The molecule has 0 amide bonds. The zero-order valence-corrected chi connectivity index (χ0v) is 19.3. The first kappa shape index (κ1) is 24.7. The molecule has 0 N–H and O–H groups in total. The number of carbonyl (C=O) groups excluding carboxylic acids is 2. The van der Waals surface area contributed by atoms with Crippen molar-refractivity contribution in [2.75, 3.05) is 13.7 Å². The molecule has 0 unspecified atom stereocenters. The topological polar surface area (TPSA) is 71.1 Å². The van der Waals surface area contributed by atoms with Crippen molar-refractivity contribution in [1.82, 2.24) is 0 Å². The van der Waals surface area contributed by atoms with E-state index in [2.05, 4.69) is 27.0 Å². The van der Waals surface area contributed by atoms with E-state index < -0.39 is 18.2 Å². The Kier molecular flexibility index (Phi) is 8.24. The highest BCUT2D eigenvalue weighted by molar-refractivity contribution is 5.88. The van der Waals surface area contributed by atoms with Gasteiger partial charge in [0, 0.05) is 16.6 Å². The summed E-state index contributed by atoms with van der Waals surface area (Å²) in [5.74, 6) is -0.000938. The smallest absolute Gasteiger partial charge is 0.336 e. The molecule has 170 valence electrons. The quantitative estimate of drug-likeness (QED) is 0.296. The molecule has 0 aliphatic heterocycles. The summed E-state index contributed by atoms with van der Waals surface area (Å²) in [7, 11) is 1.64. The van der Waals surface area contributed by atoms with Gasteiger partial charge in [-0.2, -0.15) is 0 Å². The van der Waals surface area contributed by atoms with Crippen LogP contribution in [0.5, 0.6) is 11.5 Å². The molecule has 2 aromatic rings. The van der Waals surface area contributed by atoms with E-state index in [1.54, 1.807) is 7.11 Å². The summed E-state index contributed by atoms with van der Waals surface area (Å²) in [6.07, 6.45) is -1.22. The van der Waals surface area contributed by atoms with Gasteiger partial charge in [0.1, 0.15) is 11.5 Å². The molecule has 0 saturated heterocycles. The van der Waals surface area contributed by atoms with Crippen molar-refractivity contribution < 1.29 is 28.5 Å². The van der Waals surface area contributed by atoms with Gasteiger partial charge >= 0.3 is 11.9 Å². The molecule has 0 aromatic heterocycles. The lowest BCUT2D eigenvalue weighted by molar-refractivity contribution is -0.187. The summed E-state index contributed by atoms with van der Waals surface area (Å²) < 4.78 is 21.2. The molecule has 0 spiro atoms. The Morgan fingerprint density at radius 2 is 1.22 bits per heavy atom. The average Bonchev–Trinajstić information content (AvgIpc) is 2.77.